The average Bonchev–Trinajstić information content (AvgIpc) is 3.30. The molecule has 2 aromatic carbocycles. The van der Waals surface area contributed by atoms with Crippen molar-refractivity contribution in [2.45, 2.75) is 44.6 Å². The Bertz CT molecular complexity index is 1180. The number of benzene rings is 2. The molecule has 184 valence electrons. The fourth-order valence-corrected chi connectivity index (χ4v) is 6.13. The lowest BCUT2D eigenvalue weighted by Gasteiger charge is -2.42. The van der Waals surface area contributed by atoms with E-state index in [2.05, 4.69) is 69.6 Å². The molecule has 0 amide bonds. The maximum Gasteiger partial charge on any atom is 0.321 e. The van der Waals surface area contributed by atoms with Crippen LogP contribution in [0, 0.1) is 12.8 Å². The van der Waals surface area contributed by atoms with Gasteiger partial charge in [0.25, 0.3) is 0 Å². The number of anilines is 1. The largest absolute Gasteiger partial charge is 0.480 e. The molecular formula is C28H34N4O2S. The zero-order valence-electron chi connectivity index (χ0n) is 20.2. The first-order chi connectivity index (χ1) is 17.0. The van der Waals surface area contributed by atoms with Gasteiger partial charge in [0.15, 0.2) is 5.11 Å². The van der Waals surface area contributed by atoms with Crippen molar-refractivity contribution in [3.8, 4) is 0 Å². The molecule has 2 aliphatic rings. The van der Waals surface area contributed by atoms with Crippen LogP contribution < -0.4 is 5.32 Å². The highest BCUT2D eigenvalue weighted by atomic mass is 32.1. The normalized spacial score (nSPS) is 19.1. The topological polar surface area (TPSA) is 71.6 Å². The van der Waals surface area contributed by atoms with E-state index in [1.807, 2.05) is 12.1 Å². The van der Waals surface area contributed by atoms with E-state index < -0.39 is 12.0 Å². The Hall–Kier alpha value is -2.90. The number of aromatic nitrogens is 1. The molecule has 2 saturated heterocycles. The number of thiocarbonyl (C=S) groups is 1. The van der Waals surface area contributed by atoms with Crippen molar-refractivity contribution in [3.63, 3.8) is 0 Å². The highest BCUT2D eigenvalue weighted by molar-refractivity contribution is 7.80. The minimum Gasteiger partial charge on any atom is -0.480 e. The average molecular weight is 491 g/mol. The van der Waals surface area contributed by atoms with Gasteiger partial charge in [0.05, 0.1) is 0 Å². The number of rotatable bonds is 5. The third-order valence-corrected chi connectivity index (χ3v) is 8.17. The summed E-state index contributed by atoms with van der Waals surface area (Å²) in [5.74, 6) is -0.0613. The van der Waals surface area contributed by atoms with Crippen LogP contribution in [0.15, 0.2) is 54.7 Å². The van der Waals surface area contributed by atoms with Crippen molar-refractivity contribution in [3.05, 3.63) is 65.9 Å². The SMILES string of the molecule is Cc1ccc(NC(=S)N2CCC(C(C(=O)O)N3CCC(c4c[nH]c5ccccc45)CC3)CC2)cc1. The number of likely N-dealkylation sites (tertiary alicyclic amines) is 2. The minimum atomic E-state index is -0.686. The first-order valence-electron chi connectivity index (χ1n) is 12.6. The smallest absolute Gasteiger partial charge is 0.321 e. The van der Waals surface area contributed by atoms with Crippen LogP contribution in [-0.4, -0.2) is 63.2 Å². The maximum absolute atomic E-state index is 12.4. The second-order valence-corrected chi connectivity index (χ2v) is 10.4. The van der Waals surface area contributed by atoms with Gasteiger partial charge in [-0.2, -0.15) is 0 Å². The maximum atomic E-state index is 12.4. The number of nitrogens with zero attached hydrogens (tertiary/aromatic N) is 2. The lowest BCUT2D eigenvalue weighted by molar-refractivity contribution is -0.146. The standard InChI is InChI=1S/C28H34N4O2S/c1-19-6-8-22(9-7-19)30-28(35)32-16-12-21(13-17-32)26(27(33)34)31-14-10-20(11-15-31)24-18-29-25-5-3-2-4-23(24)25/h2-9,18,20-21,26,29H,10-17H2,1H3,(H,30,35)(H,33,34). The Labute approximate surface area is 212 Å². The lowest BCUT2D eigenvalue weighted by Crippen LogP contribution is -2.52. The van der Waals surface area contributed by atoms with Crippen LogP contribution in [-0.2, 0) is 4.79 Å². The number of aryl methyl sites for hydroxylation is 1. The molecule has 0 saturated carbocycles. The van der Waals surface area contributed by atoms with Crippen LogP contribution in [0.25, 0.3) is 10.9 Å². The number of carbonyl (C=O) groups is 1. The summed E-state index contributed by atoms with van der Waals surface area (Å²) in [5.41, 5.74) is 4.75. The molecule has 0 radical (unpaired) electrons. The molecule has 0 spiro atoms. The molecule has 5 rings (SSSR count). The van der Waals surface area contributed by atoms with Crippen molar-refractivity contribution in [1.29, 1.82) is 0 Å². The van der Waals surface area contributed by atoms with Crippen molar-refractivity contribution >= 4 is 39.9 Å². The van der Waals surface area contributed by atoms with Gasteiger partial charge in [0, 0.05) is 35.9 Å². The molecule has 3 aromatic rings. The van der Waals surface area contributed by atoms with Gasteiger partial charge >= 0.3 is 5.97 Å². The summed E-state index contributed by atoms with van der Waals surface area (Å²) in [6, 6.07) is 16.2. The van der Waals surface area contributed by atoms with E-state index in [0.717, 1.165) is 62.7 Å². The Morgan fingerprint density at radius 1 is 1.03 bits per heavy atom. The zero-order valence-corrected chi connectivity index (χ0v) is 21.1. The Morgan fingerprint density at radius 2 is 1.71 bits per heavy atom. The second kappa shape index (κ2) is 10.4. The van der Waals surface area contributed by atoms with Gasteiger partial charge in [-0.15, -0.1) is 0 Å². The number of carboxylic acid groups (broad SMARTS) is 1. The third kappa shape index (κ3) is 5.21. The molecule has 35 heavy (non-hydrogen) atoms. The number of nitrogens with one attached hydrogen (secondary N) is 2. The van der Waals surface area contributed by atoms with Gasteiger partial charge in [-0.3, -0.25) is 9.69 Å². The predicted molar refractivity (Wildman–Crippen MR) is 145 cm³/mol. The molecule has 2 fully saturated rings. The van der Waals surface area contributed by atoms with Gasteiger partial charge in [-0.25, -0.2) is 0 Å². The fraction of sp³-hybridized carbons (Fsp3) is 0.429. The molecule has 2 aliphatic heterocycles. The van der Waals surface area contributed by atoms with Crippen LogP contribution in [0.4, 0.5) is 5.69 Å². The van der Waals surface area contributed by atoms with Crippen molar-refractivity contribution < 1.29 is 9.90 Å². The van der Waals surface area contributed by atoms with Gasteiger partial charge < -0.3 is 20.3 Å². The predicted octanol–water partition coefficient (Wildman–Crippen LogP) is 5.22. The summed E-state index contributed by atoms with van der Waals surface area (Å²) in [6.45, 7) is 5.30. The summed E-state index contributed by atoms with van der Waals surface area (Å²) in [4.78, 5) is 20.2. The fourth-order valence-electron chi connectivity index (χ4n) is 5.83. The number of para-hydroxylation sites is 1. The molecule has 6 nitrogen and oxygen atoms in total. The van der Waals surface area contributed by atoms with E-state index in [1.165, 1.54) is 22.0 Å². The summed E-state index contributed by atoms with van der Waals surface area (Å²) < 4.78 is 0. The van der Waals surface area contributed by atoms with Crippen LogP contribution >= 0.6 is 12.2 Å². The summed E-state index contributed by atoms with van der Waals surface area (Å²) >= 11 is 5.64. The highest BCUT2D eigenvalue weighted by Crippen LogP contribution is 2.35. The number of carboxylic acids is 1. The van der Waals surface area contributed by atoms with Gasteiger partial charge in [0.2, 0.25) is 0 Å². The van der Waals surface area contributed by atoms with Crippen molar-refractivity contribution in [1.82, 2.24) is 14.8 Å². The number of aliphatic carboxylic acids is 1. The number of aromatic amines is 1. The molecular weight excluding hydrogens is 456 g/mol. The summed E-state index contributed by atoms with van der Waals surface area (Å²) in [7, 11) is 0. The molecule has 0 bridgehead atoms. The lowest BCUT2D eigenvalue weighted by atomic mass is 9.84. The molecule has 1 atom stereocenters. The summed E-state index contributed by atoms with van der Waals surface area (Å²) in [5, 5.41) is 15.5. The minimum absolute atomic E-state index is 0.149. The van der Waals surface area contributed by atoms with Crippen molar-refractivity contribution in [2.75, 3.05) is 31.5 Å². The van der Waals surface area contributed by atoms with Crippen LogP contribution in [0.1, 0.15) is 42.7 Å². The molecule has 3 heterocycles. The van der Waals surface area contributed by atoms with E-state index in [9.17, 15) is 9.90 Å². The highest BCUT2D eigenvalue weighted by Gasteiger charge is 2.38. The van der Waals surface area contributed by atoms with Crippen LogP contribution in [0.3, 0.4) is 0 Å². The van der Waals surface area contributed by atoms with E-state index in [1.54, 1.807) is 0 Å². The van der Waals surface area contributed by atoms with Crippen molar-refractivity contribution in [2.24, 2.45) is 5.92 Å². The Kier molecular flexibility index (Phi) is 7.07. The second-order valence-electron chi connectivity index (χ2n) is 10.0. The third-order valence-electron chi connectivity index (χ3n) is 7.81. The number of hydrogen-bond donors (Lipinski definition) is 3. The molecule has 1 aromatic heterocycles. The molecule has 3 N–H and O–H groups in total. The molecule has 7 heteroatoms. The monoisotopic (exact) mass is 490 g/mol. The Morgan fingerprint density at radius 3 is 2.40 bits per heavy atom. The van der Waals surface area contributed by atoms with E-state index in [4.69, 9.17) is 12.2 Å². The molecule has 0 aliphatic carbocycles. The van der Waals surface area contributed by atoms with E-state index in [-0.39, 0.29) is 5.92 Å². The molecule has 1 unspecified atom stereocenters. The van der Waals surface area contributed by atoms with E-state index >= 15 is 0 Å². The van der Waals surface area contributed by atoms with Gasteiger partial charge in [-0.1, -0.05) is 35.9 Å². The van der Waals surface area contributed by atoms with Crippen LogP contribution in [0.5, 0.6) is 0 Å². The first kappa shape index (κ1) is 23.8. The zero-order chi connectivity index (χ0) is 24.4. The number of piperidine rings is 2. The first-order valence-corrected chi connectivity index (χ1v) is 13.1. The Balaban J connectivity index is 1.17. The van der Waals surface area contributed by atoms with Crippen LogP contribution in [0.2, 0.25) is 0 Å². The van der Waals surface area contributed by atoms with Gasteiger partial charge in [0.1, 0.15) is 6.04 Å². The summed E-state index contributed by atoms with van der Waals surface area (Å²) in [6.07, 6.45) is 5.82. The number of fused-ring (bicyclic) bond motifs is 1. The number of hydrogen-bond acceptors (Lipinski definition) is 3. The number of H-pyrrole nitrogens is 1. The quantitative estimate of drug-likeness (QED) is 0.426. The van der Waals surface area contributed by atoms with E-state index in [0.29, 0.717) is 5.92 Å². The van der Waals surface area contributed by atoms with Gasteiger partial charge in [-0.05, 0) is 93.5 Å².